The summed E-state index contributed by atoms with van der Waals surface area (Å²) in [5.41, 5.74) is -0.197. The van der Waals surface area contributed by atoms with Gasteiger partial charge in [-0.1, -0.05) is 6.07 Å². The zero-order valence-electron chi connectivity index (χ0n) is 23.9. The summed E-state index contributed by atoms with van der Waals surface area (Å²) in [6, 6.07) is 6.37. The molecule has 10 nitrogen and oxygen atoms in total. The van der Waals surface area contributed by atoms with Crippen molar-refractivity contribution in [2.45, 2.75) is 45.8 Å². The molecule has 4 heterocycles. The molecule has 44 heavy (non-hydrogen) atoms. The Balaban J connectivity index is 1.61. The van der Waals surface area contributed by atoms with Gasteiger partial charge in [0.15, 0.2) is 5.69 Å². The summed E-state index contributed by atoms with van der Waals surface area (Å²) >= 11 is 0.780. The number of likely N-dealkylation sites (tertiary alicyclic amines) is 1. The second-order valence-corrected chi connectivity index (χ2v) is 11.0. The normalized spacial score (nSPS) is 13.5. The standard InChI is InChI=1S/C30H28F3N5O5S/c1-3-43-29(42)22-15-38(11-5-10-37-9-4-6-26(37)40)23-8-7-18(12-20(23)27(22)41)21-14-34-25(35-17(2)39)13-19(21)28-36-24(16-44-28)30(31,32)33/h7-8,12-16H,3-6,9-11H2,1-2H3,(H,34,35,39). The first-order chi connectivity index (χ1) is 21.0. The molecule has 5 rings (SSSR count). The van der Waals surface area contributed by atoms with E-state index in [2.05, 4.69) is 15.3 Å². The topological polar surface area (TPSA) is 123 Å². The number of nitrogens with one attached hydrogen (secondary N) is 1. The number of pyridine rings is 2. The lowest BCUT2D eigenvalue weighted by molar-refractivity contribution is -0.140. The lowest BCUT2D eigenvalue weighted by Crippen LogP contribution is -2.27. The van der Waals surface area contributed by atoms with E-state index in [0.29, 0.717) is 49.1 Å². The highest BCUT2D eigenvalue weighted by Crippen LogP contribution is 2.39. The number of aromatic nitrogens is 3. The number of carbonyl (C=O) groups is 3. The third kappa shape index (κ3) is 6.49. The number of rotatable bonds is 9. The first kappa shape index (κ1) is 30.9. The minimum atomic E-state index is -4.65. The summed E-state index contributed by atoms with van der Waals surface area (Å²) in [6.45, 7) is 4.61. The van der Waals surface area contributed by atoms with E-state index in [-0.39, 0.29) is 39.9 Å². The molecule has 0 unspecified atom stereocenters. The number of esters is 1. The van der Waals surface area contributed by atoms with Gasteiger partial charge in [-0.25, -0.2) is 14.8 Å². The van der Waals surface area contributed by atoms with Gasteiger partial charge in [0.1, 0.15) is 16.4 Å². The van der Waals surface area contributed by atoms with Gasteiger partial charge in [0.05, 0.1) is 12.1 Å². The Morgan fingerprint density at radius 1 is 1.14 bits per heavy atom. The van der Waals surface area contributed by atoms with E-state index in [1.807, 2.05) is 0 Å². The Labute approximate surface area is 253 Å². The van der Waals surface area contributed by atoms with E-state index in [9.17, 15) is 32.3 Å². The molecule has 1 aromatic carbocycles. The molecule has 230 valence electrons. The molecule has 0 atom stereocenters. The summed E-state index contributed by atoms with van der Waals surface area (Å²) in [6.07, 6.45) is 0.114. The summed E-state index contributed by atoms with van der Waals surface area (Å²) in [5.74, 6) is -0.983. The molecule has 1 aliphatic heterocycles. The highest BCUT2D eigenvalue weighted by Gasteiger charge is 2.34. The SMILES string of the molecule is CCOC(=O)c1cn(CCCN2CCCC2=O)c2ccc(-c3cnc(NC(C)=O)cc3-c3nc(C(F)(F)F)cs3)cc2c1=O. The number of anilines is 1. The monoisotopic (exact) mass is 627 g/mol. The average molecular weight is 628 g/mol. The predicted octanol–water partition coefficient (Wildman–Crippen LogP) is 5.35. The summed E-state index contributed by atoms with van der Waals surface area (Å²) in [4.78, 5) is 59.9. The number of fused-ring (bicyclic) bond motifs is 1. The molecular weight excluding hydrogens is 599 g/mol. The Morgan fingerprint density at radius 2 is 1.93 bits per heavy atom. The Hall–Kier alpha value is -4.59. The lowest BCUT2D eigenvalue weighted by Gasteiger charge is -2.18. The maximum Gasteiger partial charge on any atom is 0.434 e. The van der Waals surface area contributed by atoms with Crippen LogP contribution in [-0.4, -0.2) is 56.9 Å². The van der Waals surface area contributed by atoms with Crippen molar-refractivity contribution < 1.29 is 32.3 Å². The van der Waals surface area contributed by atoms with Crippen molar-refractivity contribution in [1.29, 1.82) is 0 Å². The van der Waals surface area contributed by atoms with Crippen LogP contribution in [0.25, 0.3) is 32.6 Å². The van der Waals surface area contributed by atoms with Gasteiger partial charge in [-0.3, -0.25) is 14.4 Å². The highest BCUT2D eigenvalue weighted by atomic mass is 32.1. The minimum absolute atomic E-state index is 0.0376. The van der Waals surface area contributed by atoms with E-state index in [4.69, 9.17) is 4.74 Å². The number of nitrogens with zero attached hydrogens (tertiary/aromatic N) is 4. The van der Waals surface area contributed by atoms with Crippen LogP contribution in [-0.2, 0) is 27.0 Å². The highest BCUT2D eigenvalue weighted by molar-refractivity contribution is 7.13. The van der Waals surface area contributed by atoms with Crippen LogP contribution in [0.4, 0.5) is 19.0 Å². The number of carbonyl (C=O) groups excluding carboxylic acids is 3. The third-order valence-electron chi connectivity index (χ3n) is 7.12. The number of hydrogen-bond donors (Lipinski definition) is 1. The van der Waals surface area contributed by atoms with Gasteiger partial charge in [-0.05, 0) is 43.5 Å². The number of thiazole rings is 1. The first-order valence-electron chi connectivity index (χ1n) is 13.9. The number of amides is 2. The van der Waals surface area contributed by atoms with Crippen molar-refractivity contribution in [3.05, 3.63) is 63.5 Å². The molecule has 1 fully saturated rings. The fourth-order valence-electron chi connectivity index (χ4n) is 5.12. The molecular formula is C30H28F3N5O5S. The number of ether oxygens (including phenoxy) is 1. The number of aryl methyl sites for hydroxylation is 1. The van der Waals surface area contributed by atoms with E-state index >= 15 is 0 Å². The molecule has 0 saturated carbocycles. The molecule has 3 aromatic heterocycles. The van der Waals surface area contributed by atoms with E-state index in [0.717, 1.165) is 23.1 Å². The van der Waals surface area contributed by atoms with Crippen LogP contribution in [0.5, 0.6) is 0 Å². The molecule has 0 aliphatic carbocycles. The van der Waals surface area contributed by atoms with Crippen molar-refractivity contribution in [2.75, 3.05) is 25.0 Å². The molecule has 14 heteroatoms. The minimum Gasteiger partial charge on any atom is -0.462 e. The van der Waals surface area contributed by atoms with Crippen LogP contribution < -0.4 is 10.7 Å². The van der Waals surface area contributed by atoms with Gasteiger partial charge >= 0.3 is 12.1 Å². The second-order valence-electron chi connectivity index (χ2n) is 10.2. The Morgan fingerprint density at radius 3 is 2.59 bits per heavy atom. The van der Waals surface area contributed by atoms with Gasteiger partial charge in [0.2, 0.25) is 17.2 Å². The predicted molar refractivity (Wildman–Crippen MR) is 158 cm³/mol. The van der Waals surface area contributed by atoms with Gasteiger partial charge in [-0.15, -0.1) is 11.3 Å². The van der Waals surface area contributed by atoms with Crippen LogP contribution >= 0.6 is 11.3 Å². The molecule has 0 bridgehead atoms. The fraction of sp³-hybridized carbons (Fsp3) is 0.333. The molecule has 1 aliphatic rings. The third-order valence-corrected chi connectivity index (χ3v) is 7.99. The van der Waals surface area contributed by atoms with Crippen LogP contribution in [0.3, 0.4) is 0 Å². The van der Waals surface area contributed by atoms with Gasteiger partial charge in [-0.2, -0.15) is 13.2 Å². The summed E-state index contributed by atoms with van der Waals surface area (Å²) < 4.78 is 47.0. The second kappa shape index (κ2) is 12.6. The average Bonchev–Trinajstić information content (AvgIpc) is 3.63. The van der Waals surface area contributed by atoms with Crippen molar-refractivity contribution in [3.8, 4) is 21.7 Å². The molecule has 0 radical (unpaired) electrons. The lowest BCUT2D eigenvalue weighted by atomic mass is 9.99. The summed E-state index contributed by atoms with van der Waals surface area (Å²) in [5, 5.41) is 3.66. The fourth-order valence-corrected chi connectivity index (χ4v) is 5.97. The maximum absolute atomic E-state index is 13.6. The van der Waals surface area contributed by atoms with Crippen LogP contribution in [0.15, 0.2) is 46.8 Å². The largest absolute Gasteiger partial charge is 0.462 e. The zero-order chi connectivity index (χ0) is 31.6. The van der Waals surface area contributed by atoms with Crippen molar-refractivity contribution in [3.63, 3.8) is 0 Å². The Kier molecular flexibility index (Phi) is 8.81. The van der Waals surface area contributed by atoms with Crippen molar-refractivity contribution >= 4 is 45.8 Å². The first-order valence-corrected chi connectivity index (χ1v) is 14.8. The van der Waals surface area contributed by atoms with Gasteiger partial charge in [0, 0.05) is 67.3 Å². The van der Waals surface area contributed by atoms with E-state index in [1.54, 1.807) is 34.6 Å². The molecule has 4 aromatic rings. The van der Waals surface area contributed by atoms with E-state index < -0.39 is 29.2 Å². The van der Waals surface area contributed by atoms with Gasteiger partial charge in [0.25, 0.3) is 0 Å². The number of alkyl halides is 3. The maximum atomic E-state index is 13.6. The number of halogens is 3. The van der Waals surface area contributed by atoms with Crippen LogP contribution in [0.1, 0.15) is 49.2 Å². The van der Waals surface area contributed by atoms with E-state index in [1.165, 1.54) is 25.4 Å². The number of benzene rings is 1. The summed E-state index contributed by atoms with van der Waals surface area (Å²) in [7, 11) is 0. The molecule has 2 amide bonds. The van der Waals surface area contributed by atoms with Crippen LogP contribution in [0.2, 0.25) is 0 Å². The van der Waals surface area contributed by atoms with Crippen molar-refractivity contribution in [2.24, 2.45) is 0 Å². The van der Waals surface area contributed by atoms with Crippen LogP contribution in [0, 0.1) is 0 Å². The molecule has 0 spiro atoms. The molecule has 1 saturated heterocycles. The van der Waals surface area contributed by atoms with Gasteiger partial charge < -0.3 is 19.5 Å². The molecule has 1 N–H and O–H groups in total. The smallest absolute Gasteiger partial charge is 0.434 e. The number of hydrogen-bond acceptors (Lipinski definition) is 8. The van der Waals surface area contributed by atoms with Crippen molar-refractivity contribution in [1.82, 2.24) is 19.4 Å². The quantitative estimate of drug-likeness (QED) is 0.248. The Bertz CT molecular complexity index is 1820. The zero-order valence-corrected chi connectivity index (χ0v) is 24.7.